The van der Waals surface area contributed by atoms with Gasteiger partial charge in [0.15, 0.2) is 11.5 Å². The lowest BCUT2D eigenvalue weighted by Crippen LogP contribution is -2.14. The average molecular weight is 483 g/mol. The van der Waals surface area contributed by atoms with Crippen molar-refractivity contribution < 1.29 is 19.1 Å². The van der Waals surface area contributed by atoms with Gasteiger partial charge in [0.1, 0.15) is 0 Å². The summed E-state index contributed by atoms with van der Waals surface area (Å²) in [6, 6.07) is 19.2. The van der Waals surface area contributed by atoms with E-state index in [9.17, 15) is 9.59 Å². The molecule has 0 unspecified atom stereocenters. The molecule has 0 aliphatic carbocycles. The lowest BCUT2D eigenvalue weighted by atomic mass is 10.1. The number of methoxy groups -OCH3 is 1. The Morgan fingerprint density at radius 1 is 0.871 bits per heavy atom. The normalized spacial score (nSPS) is 10.3. The molecule has 0 saturated carbocycles. The highest BCUT2D eigenvalue weighted by molar-refractivity contribution is 9.10. The molecule has 0 aromatic heterocycles. The molecule has 2 amide bonds. The average Bonchev–Trinajstić information content (AvgIpc) is 2.78. The van der Waals surface area contributed by atoms with E-state index in [2.05, 4.69) is 26.6 Å². The first-order valence-corrected chi connectivity index (χ1v) is 10.6. The molecular weight excluding hydrogens is 460 g/mol. The molecule has 0 radical (unpaired) electrons. The molecule has 0 saturated heterocycles. The highest BCUT2D eigenvalue weighted by atomic mass is 79.9. The van der Waals surface area contributed by atoms with Crippen LogP contribution in [0.25, 0.3) is 0 Å². The van der Waals surface area contributed by atoms with E-state index in [4.69, 9.17) is 9.47 Å². The van der Waals surface area contributed by atoms with E-state index in [1.807, 2.05) is 13.0 Å². The number of ether oxygens (including phenoxy) is 2. The number of halogens is 1. The summed E-state index contributed by atoms with van der Waals surface area (Å²) in [4.78, 5) is 25.2. The smallest absolute Gasteiger partial charge is 0.255 e. The molecule has 3 aromatic rings. The summed E-state index contributed by atoms with van der Waals surface area (Å²) in [5.74, 6) is 0.497. The highest BCUT2D eigenvalue weighted by Gasteiger charge is 2.16. The quantitative estimate of drug-likeness (QED) is 0.428. The van der Waals surface area contributed by atoms with Crippen molar-refractivity contribution in [2.75, 3.05) is 24.4 Å². The third kappa shape index (κ3) is 5.86. The van der Waals surface area contributed by atoms with Gasteiger partial charge in [-0.3, -0.25) is 9.59 Å². The minimum absolute atomic E-state index is 0.222. The Morgan fingerprint density at radius 2 is 1.52 bits per heavy atom. The van der Waals surface area contributed by atoms with Crippen molar-refractivity contribution in [2.24, 2.45) is 0 Å². The van der Waals surface area contributed by atoms with Gasteiger partial charge in [0.25, 0.3) is 11.8 Å². The van der Waals surface area contributed by atoms with Crippen LogP contribution in [-0.4, -0.2) is 25.5 Å². The molecule has 0 heterocycles. The fraction of sp³-hybridized carbons (Fsp3) is 0.167. The van der Waals surface area contributed by atoms with Gasteiger partial charge in [-0.1, -0.05) is 31.2 Å². The fourth-order valence-corrected chi connectivity index (χ4v) is 3.42. The Kier molecular flexibility index (Phi) is 7.67. The Balaban J connectivity index is 1.74. The zero-order valence-corrected chi connectivity index (χ0v) is 18.9. The molecule has 160 valence electrons. The molecule has 0 spiro atoms. The number of anilines is 2. The number of carbonyl (C=O) groups excluding carboxylic acids is 2. The molecule has 3 aromatic carbocycles. The van der Waals surface area contributed by atoms with Gasteiger partial charge >= 0.3 is 0 Å². The molecule has 0 aliphatic heterocycles. The van der Waals surface area contributed by atoms with Crippen molar-refractivity contribution in [1.82, 2.24) is 0 Å². The Bertz CT molecular complexity index is 1070. The predicted octanol–water partition coefficient (Wildman–Crippen LogP) is 5.75. The van der Waals surface area contributed by atoms with Crippen LogP contribution in [0.2, 0.25) is 0 Å². The number of carbonyl (C=O) groups is 2. The van der Waals surface area contributed by atoms with Crippen LogP contribution in [0.1, 0.15) is 34.1 Å². The summed E-state index contributed by atoms with van der Waals surface area (Å²) in [6.45, 7) is 2.56. The van der Waals surface area contributed by atoms with Crippen LogP contribution >= 0.6 is 15.9 Å². The van der Waals surface area contributed by atoms with E-state index in [0.29, 0.717) is 45.1 Å². The molecule has 0 aliphatic rings. The van der Waals surface area contributed by atoms with Gasteiger partial charge in [-0.25, -0.2) is 0 Å². The summed E-state index contributed by atoms with van der Waals surface area (Å²) in [5.41, 5.74) is 2.09. The van der Waals surface area contributed by atoms with Gasteiger partial charge in [0.2, 0.25) is 0 Å². The number of rotatable bonds is 8. The van der Waals surface area contributed by atoms with Crippen molar-refractivity contribution in [3.05, 3.63) is 82.3 Å². The molecule has 0 atom stereocenters. The molecule has 0 bridgehead atoms. The SMILES string of the molecule is CCCOc1c(Br)cc(C(=O)Nc2cccc(NC(=O)c3ccccc3)c2)cc1OC. The third-order valence-corrected chi connectivity index (χ3v) is 4.95. The van der Waals surface area contributed by atoms with Gasteiger partial charge in [0, 0.05) is 22.5 Å². The minimum Gasteiger partial charge on any atom is -0.493 e. The van der Waals surface area contributed by atoms with Gasteiger partial charge in [-0.15, -0.1) is 0 Å². The van der Waals surface area contributed by atoms with Crippen molar-refractivity contribution in [3.8, 4) is 11.5 Å². The number of hydrogen-bond donors (Lipinski definition) is 2. The number of hydrogen-bond acceptors (Lipinski definition) is 4. The summed E-state index contributed by atoms with van der Waals surface area (Å²) in [5, 5.41) is 5.68. The summed E-state index contributed by atoms with van der Waals surface area (Å²) < 4.78 is 11.7. The monoisotopic (exact) mass is 482 g/mol. The molecular formula is C24H23BrN2O4. The van der Waals surface area contributed by atoms with Crippen LogP contribution in [0.5, 0.6) is 11.5 Å². The van der Waals surface area contributed by atoms with Gasteiger partial charge in [0.05, 0.1) is 18.2 Å². The van der Waals surface area contributed by atoms with Crippen molar-refractivity contribution in [2.45, 2.75) is 13.3 Å². The molecule has 6 nitrogen and oxygen atoms in total. The maximum atomic E-state index is 12.8. The topological polar surface area (TPSA) is 76.7 Å². The Hall–Kier alpha value is -3.32. The van der Waals surface area contributed by atoms with E-state index in [1.165, 1.54) is 7.11 Å². The second kappa shape index (κ2) is 10.6. The standard InChI is InChI=1S/C24H23BrN2O4/c1-3-12-31-22-20(25)13-17(14-21(22)30-2)24(29)27-19-11-7-10-18(15-19)26-23(28)16-8-5-4-6-9-16/h4-11,13-15H,3,12H2,1-2H3,(H,26,28)(H,27,29). The lowest BCUT2D eigenvalue weighted by molar-refractivity contribution is 0.101. The van der Waals surface area contributed by atoms with Gasteiger partial charge in [-0.2, -0.15) is 0 Å². The second-order valence-electron chi connectivity index (χ2n) is 6.69. The first-order chi connectivity index (χ1) is 15.0. The van der Waals surface area contributed by atoms with Crippen molar-refractivity contribution >= 4 is 39.1 Å². The van der Waals surface area contributed by atoms with E-state index >= 15 is 0 Å². The minimum atomic E-state index is -0.312. The maximum Gasteiger partial charge on any atom is 0.255 e. The van der Waals surface area contributed by atoms with Crippen molar-refractivity contribution in [3.63, 3.8) is 0 Å². The predicted molar refractivity (Wildman–Crippen MR) is 125 cm³/mol. The van der Waals surface area contributed by atoms with Crippen LogP contribution in [0.15, 0.2) is 71.2 Å². The van der Waals surface area contributed by atoms with Gasteiger partial charge in [-0.05, 0) is 64.8 Å². The van der Waals surface area contributed by atoms with E-state index in [0.717, 1.165) is 6.42 Å². The fourth-order valence-electron chi connectivity index (χ4n) is 2.87. The molecule has 3 rings (SSSR count). The first kappa shape index (κ1) is 22.4. The van der Waals surface area contributed by atoms with E-state index in [1.54, 1.807) is 60.7 Å². The molecule has 0 fully saturated rings. The molecule has 31 heavy (non-hydrogen) atoms. The van der Waals surface area contributed by atoms with Crippen LogP contribution in [0.3, 0.4) is 0 Å². The summed E-state index contributed by atoms with van der Waals surface area (Å²) >= 11 is 3.45. The number of benzene rings is 3. The lowest BCUT2D eigenvalue weighted by Gasteiger charge is -2.14. The second-order valence-corrected chi connectivity index (χ2v) is 7.55. The zero-order valence-electron chi connectivity index (χ0n) is 17.3. The van der Waals surface area contributed by atoms with E-state index < -0.39 is 0 Å². The number of nitrogens with one attached hydrogen (secondary N) is 2. The van der Waals surface area contributed by atoms with Crippen LogP contribution < -0.4 is 20.1 Å². The highest BCUT2D eigenvalue weighted by Crippen LogP contribution is 2.37. The van der Waals surface area contributed by atoms with Gasteiger partial charge < -0.3 is 20.1 Å². The Labute approximate surface area is 189 Å². The first-order valence-electron chi connectivity index (χ1n) is 9.80. The Morgan fingerprint density at radius 3 is 2.13 bits per heavy atom. The van der Waals surface area contributed by atoms with Crippen LogP contribution in [0.4, 0.5) is 11.4 Å². The summed E-state index contributed by atoms with van der Waals surface area (Å²) in [7, 11) is 1.53. The number of amides is 2. The largest absolute Gasteiger partial charge is 0.493 e. The molecule has 2 N–H and O–H groups in total. The maximum absolute atomic E-state index is 12.8. The van der Waals surface area contributed by atoms with Crippen molar-refractivity contribution in [1.29, 1.82) is 0 Å². The van der Waals surface area contributed by atoms with Crippen LogP contribution in [-0.2, 0) is 0 Å². The molecule has 7 heteroatoms. The zero-order chi connectivity index (χ0) is 22.2. The van der Waals surface area contributed by atoms with E-state index in [-0.39, 0.29) is 11.8 Å². The van der Waals surface area contributed by atoms with Crippen LogP contribution in [0, 0.1) is 0 Å². The third-order valence-electron chi connectivity index (χ3n) is 4.36. The summed E-state index contributed by atoms with van der Waals surface area (Å²) in [6.07, 6.45) is 0.856.